The summed E-state index contributed by atoms with van der Waals surface area (Å²) in [6, 6.07) is 7.55. The Morgan fingerprint density at radius 3 is 2.64 bits per heavy atom. The van der Waals surface area contributed by atoms with Gasteiger partial charge in [0.05, 0.1) is 25.5 Å². The maximum absolute atomic E-state index is 12.3. The van der Waals surface area contributed by atoms with Gasteiger partial charge >= 0.3 is 5.97 Å². The molecule has 0 bridgehead atoms. The summed E-state index contributed by atoms with van der Waals surface area (Å²) in [5, 5.41) is 3.49. The lowest BCUT2D eigenvalue weighted by Crippen LogP contribution is -2.16. The SMILES string of the molecule is COC(=O)c1c(NC(=O)CSc2ccc(OC)cc2)sc2c1CCC2. The first-order valence-electron chi connectivity index (χ1n) is 7.92. The van der Waals surface area contributed by atoms with Gasteiger partial charge in [-0.15, -0.1) is 23.1 Å². The first-order chi connectivity index (χ1) is 12.1. The Bertz CT molecular complexity index is 783. The Hall–Kier alpha value is -1.99. The fourth-order valence-electron chi connectivity index (χ4n) is 2.79. The van der Waals surface area contributed by atoms with Crippen LogP contribution in [0.2, 0.25) is 0 Å². The molecule has 0 fully saturated rings. The summed E-state index contributed by atoms with van der Waals surface area (Å²) in [4.78, 5) is 26.6. The zero-order valence-corrected chi connectivity index (χ0v) is 15.7. The van der Waals surface area contributed by atoms with Crippen LogP contribution in [0.3, 0.4) is 0 Å². The van der Waals surface area contributed by atoms with Gasteiger partial charge in [0.15, 0.2) is 0 Å². The van der Waals surface area contributed by atoms with Gasteiger partial charge in [-0.1, -0.05) is 0 Å². The number of thiophene rings is 1. The first kappa shape index (κ1) is 17.8. The van der Waals surface area contributed by atoms with E-state index in [0.29, 0.717) is 10.6 Å². The molecule has 1 aliphatic carbocycles. The standard InChI is InChI=1S/C18H19NO4S2/c1-22-11-6-8-12(9-7-11)24-10-15(20)19-17-16(18(21)23-2)13-4-3-5-14(13)25-17/h6-9H,3-5,10H2,1-2H3,(H,19,20). The Labute approximate surface area is 154 Å². The molecule has 0 saturated carbocycles. The third-order valence-corrected chi connectivity index (χ3v) is 6.21. The highest BCUT2D eigenvalue weighted by Crippen LogP contribution is 2.39. The molecule has 0 saturated heterocycles. The number of carbonyl (C=O) groups is 2. The number of anilines is 1. The maximum atomic E-state index is 12.3. The van der Waals surface area contributed by atoms with Crippen molar-refractivity contribution in [3.63, 3.8) is 0 Å². The van der Waals surface area contributed by atoms with Gasteiger partial charge in [-0.25, -0.2) is 4.79 Å². The molecule has 1 N–H and O–H groups in total. The molecule has 1 aromatic carbocycles. The van der Waals surface area contributed by atoms with Crippen molar-refractivity contribution in [3.8, 4) is 5.75 Å². The van der Waals surface area contributed by atoms with E-state index in [9.17, 15) is 9.59 Å². The molecule has 1 aromatic heterocycles. The van der Waals surface area contributed by atoms with Gasteiger partial charge < -0.3 is 14.8 Å². The molecule has 0 aliphatic heterocycles. The van der Waals surface area contributed by atoms with E-state index in [4.69, 9.17) is 9.47 Å². The number of amides is 1. The molecule has 1 amide bonds. The second-order valence-electron chi connectivity index (χ2n) is 5.57. The largest absolute Gasteiger partial charge is 0.497 e. The average Bonchev–Trinajstić information content (AvgIpc) is 3.20. The number of carbonyl (C=O) groups excluding carboxylic acids is 2. The van der Waals surface area contributed by atoms with Crippen LogP contribution in [-0.4, -0.2) is 31.8 Å². The van der Waals surface area contributed by atoms with Gasteiger partial charge in [-0.3, -0.25) is 4.79 Å². The Morgan fingerprint density at radius 2 is 1.96 bits per heavy atom. The lowest BCUT2D eigenvalue weighted by Gasteiger charge is -2.07. The highest BCUT2D eigenvalue weighted by atomic mass is 32.2. The quantitative estimate of drug-likeness (QED) is 0.613. The monoisotopic (exact) mass is 377 g/mol. The molecule has 0 atom stereocenters. The van der Waals surface area contributed by atoms with Gasteiger partial charge in [0, 0.05) is 9.77 Å². The summed E-state index contributed by atoms with van der Waals surface area (Å²) in [6.45, 7) is 0. The number of benzene rings is 1. The number of rotatable bonds is 6. The van der Waals surface area contributed by atoms with Gasteiger partial charge in [-0.05, 0) is 49.1 Å². The lowest BCUT2D eigenvalue weighted by molar-refractivity contribution is -0.113. The summed E-state index contributed by atoms with van der Waals surface area (Å²) >= 11 is 2.93. The molecule has 0 unspecified atom stereocenters. The number of ether oxygens (including phenoxy) is 2. The summed E-state index contributed by atoms with van der Waals surface area (Å²) in [5.41, 5.74) is 1.57. The lowest BCUT2D eigenvalue weighted by atomic mass is 10.1. The van der Waals surface area contributed by atoms with Gasteiger partial charge in [0.25, 0.3) is 0 Å². The molecule has 0 radical (unpaired) electrons. The number of fused-ring (bicyclic) bond motifs is 1. The van der Waals surface area contributed by atoms with Crippen LogP contribution >= 0.6 is 23.1 Å². The number of aryl methyl sites for hydroxylation is 1. The number of hydrogen-bond acceptors (Lipinski definition) is 6. The van der Waals surface area contributed by atoms with Crippen LogP contribution in [0, 0.1) is 0 Å². The maximum Gasteiger partial charge on any atom is 0.341 e. The van der Waals surface area contributed by atoms with Gasteiger partial charge in [-0.2, -0.15) is 0 Å². The highest BCUT2D eigenvalue weighted by Gasteiger charge is 2.27. The normalized spacial score (nSPS) is 12.6. The van der Waals surface area contributed by atoms with Gasteiger partial charge in [0.1, 0.15) is 10.8 Å². The van der Waals surface area contributed by atoms with Crippen molar-refractivity contribution in [2.75, 3.05) is 25.3 Å². The van der Waals surface area contributed by atoms with Crippen molar-refractivity contribution < 1.29 is 19.1 Å². The van der Waals surface area contributed by atoms with E-state index >= 15 is 0 Å². The summed E-state index contributed by atoms with van der Waals surface area (Å²) in [7, 11) is 2.99. The predicted octanol–water partition coefficient (Wildman–Crippen LogP) is 3.76. The van der Waals surface area contributed by atoms with Crippen molar-refractivity contribution >= 4 is 40.0 Å². The zero-order valence-electron chi connectivity index (χ0n) is 14.1. The highest BCUT2D eigenvalue weighted by molar-refractivity contribution is 8.00. The summed E-state index contributed by atoms with van der Waals surface area (Å²) in [5.74, 6) is 0.545. The first-order valence-corrected chi connectivity index (χ1v) is 9.72. The zero-order chi connectivity index (χ0) is 17.8. The van der Waals surface area contributed by atoms with Crippen LogP contribution in [0.15, 0.2) is 29.2 Å². The molecule has 7 heteroatoms. The third kappa shape index (κ3) is 3.99. The van der Waals surface area contributed by atoms with Crippen molar-refractivity contribution in [2.45, 2.75) is 24.2 Å². The molecule has 1 aliphatic rings. The van der Waals surface area contributed by atoms with Crippen LogP contribution in [0.1, 0.15) is 27.2 Å². The van der Waals surface area contributed by atoms with E-state index in [1.807, 2.05) is 24.3 Å². The van der Waals surface area contributed by atoms with Crippen LogP contribution < -0.4 is 10.1 Å². The molecule has 2 aromatic rings. The Morgan fingerprint density at radius 1 is 1.20 bits per heavy atom. The van der Waals surface area contributed by atoms with E-state index in [1.165, 1.54) is 35.1 Å². The van der Waals surface area contributed by atoms with E-state index in [2.05, 4.69) is 5.32 Å². The second-order valence-corrected chi connectivity index (χ2v) is 7.72. The number of methoxy groups -OCH3 is 2. The molecule has 5 nitrogen and oxygen atoms in total. The van der Waals surface area contributed by atoms with E-state index in [1.54, 1.807) is 7.11 Å². The van der Waals surface area contributed by atoms with E-state index < -0.39 is 0 Å². The fourth-order valence-corrected chi connectivity index (χ4v) is 4.79. The number of hydrogen-bond donors (Lipinski definition) is 1. The van der Waals surface area contributed by atoms with Crippen molar-refractivity contribution in [1.29, 1.82) is 0 Å². The number of nitrogens with one attached hydrogen (secondary N) is 1. The minimum Gasteiger partial charge on any atom is -0.497 e. The van der Waals surface area contributed by atoms with E-state index in [-0.39, 0.29) is 17.6 Å². The predicted molar refractivity (Wildman–Crippen MR) is 100 cm³/mol. The number of esters is 1. The fraction of sp³-hybridized carbons (Fsp3) is 0.333. The molecule has 0 spiro atoms. The van der Waals surface area contributed by atoms with Crippen LogP contribution in [0.5, 0.6) is 5.75 Å². The topological polar surface area (TPSA) is 64.6 Å². The summed E-state index contributed by atoms with van der Waals surface area (Å²) in [6.07, 6.45) is 2.87. The van der Waals surface area contributed by atoms with Crippen LogP contribution in [0.25, 0.3) is 0 Å². The van der Waals surface area contributed by atoms with Crippen LogP contribution in [-0.2, 0) is 22.4 Å². The smallest absolute Gasteiger partial charge is 0.341 e. The van der Waals surface area contributed by atoms with Crippen molar-refractivity contribution in [3.05, 3.63) is 40.3 Å². The molecule has 132 valence electrons. The minimum atomic E-state index is -0.377. The summed E-state index contributed by atoms with van der Waals surface area (Å²) < 4.78 is 10.0. The third-order valence-electron chi connectivity index (χ3n) is 3.99. The molecule has 1 heterocycles. The molecule has 25 heavy (non-hydrogen) atoms. The van der Waals surface area contributed by atoms with E-state index in [0.717, 1.165) is 35.5 Å². The Balaban J connectivity index is 1.65. The minimum absolute atomic E-state index is 0.133. The molecular weight excluding hydrogens is 358 g/mol. The Kier molecular flexibility index (Phi) is 5.65. The van der Waals surface area contributed by atoms with Gasteiger partial charge in [0.2, 0.25) is 5.91 Å². The van der Waals surface area contributed by atoms with Crippen LogP contribution in [0.4, 0.5) is 5.00 Å². The average molecular weight is 377 g/mol. The molecule has 3 rings (SSSR count). The number of thioether (sulfide) groups is 1. The van der Waals surface area contributed by atoms with Crippen molar-refractivity contribution in [2.24, 2.45) is 0 Å². The molecular formula is C18H19NO4S2. The van der Waals surface area contributed by atoms with Crippen molar-refractivity contribution in [1.82, 2.24) is 0 Å². The second kappa shape index (κ2) is 7.93.